The Morgan fingerprint density at radius 3 is 2.65 bits per heavy atom. The first kappa shape index (κ1) is 16.3. The molecule has 3 nitrogen and oxygen atoms in total. The van der Waals surface area contributed by atoms with Crippen LogP contribution in [0.15, 0.2) is 21.1 Å². The van der Waals surface area contributed by atoms with E-state index in [0.29, 0.717) is 6.61 Å². The number of benzene rings is 1. The summed E-state index contributed by atoms with van der Waals surface area (Å²) in [4.78, 5) is 0. The van der Waals surface area contributed by atoms with Gasteiger partial charge < -0.3 is 14.8 Å². The topological polar surface area (TPSA) is 30.5 Å². The zero-order valence-corrected chi connectivity index (χ0v) is 14.9. The molecule has 1 aliphatic heterocycles. The minimum Gasteiger partial charge on any atom is -0.489 e. The lowest BCUT2D eigenvalue weighted by molar-refractivity contribution is -0.0113. The molecule has 1 atom stereocenters. The van der Waals surface area contributed by atoms with Crippen molar-refractivity contribution in [2.24, 2.45) is 0 Å². The lowest BCUT2D eigenvalue weighted by atomic mass is 10.1. The van der Waals surface area contributed by atoms with Crippen molar-refractivity contribution in [2.75, 3.05) is 19.8 Å². The summed E-state index contributed by atoms with van der Waals surface area (Å²) in [6, 6.07) is 4.20. The average molecular weight is 407 g/mol. The fourth-order valence-corrected chi connectivity index (χ4v) is 3.75. The van der Waals surface area contributed by atoms with E-state index in [2.05, 4.69) is 56.2 Å². The van der Waals surface area contributed by atoms with E-state index in [1.54, 1.807) is 0 Å². The van der Waals surface area contributed by atoms with Crippen LogP contribution in [-0.4, -0.2) is 25.9 Å². The van der Waals surface area contributed by atoms with E-state index in [-0.39, 0.29) is 6.10 Å². The van der Waals surface area contributed by atoms with Gasteiger partial charge in [0.25, 0.3) is 0 Å². The summed E-state index contributed by atoms with van der Waals surface area (Å²) in [6.45, 7) is 5.40. The highest BCUT2D eigenvalue weighted by Crippen LogP contribution is 2.35. The third kappa shape index (κ3) is 4.72. The van der Waals surface area contributed by atoms with E-state index in [1.807, 2.05) is 0 Å². The third-order valence-corrected chi connectivity index (χ3v) is 4.50. The second kappa shape index (κ2) is 8.37. The van der Waals surface area contributed by atoms with Gasteiger partial charge in [-0.15, -0.1) is 0 Å². The minimum absolute atomic E-state index is 0.226. The van der Waals surface area contributed by atoms with Crippen LogP contribution >= 0.6 is 31.9 Å². The molecule has 1 saturated heterocycles. The molecule has 20 heavy (non-hydrogen) atoms. The van der Waals surface area contributed by atoms with Crippen LogP contribution in [0.1, 0.15) is 31.7 Å². The summed E-state index contributed by atoms with van der Waals surface area (Å²) < 4.78 is 13.6. The van der Waals surface area contributed by atoms with Crippen molar-refractivity contribution >= 4 is 31.9 Å². The number of nitrogens with one attached hydrogen (secondary N) is 1. The molecule has 1 heterocycles. The van der Waals surface area contributed by atoms with Crippen LogP contribution in [0.3, 0.4) is 0 Å². The van der Waals surface area contributed by atoms with Gasteiger partial charge in [-0.05, 0) is 75.4 Å². The summed E-state index contributed by atoms with van der Waals surface area (Å²) in [6.07, 6.45) is 3.72. The van der Waals surface area contributed by atoms with Crippen molar-refractivity contribution in [3.05, 3.63) is 26.6 Å². The smallest absolute Gasteiger partial charge is 0.147 e. The predicted octanol–water partition coefficient (Wildman–Crippen LogP) is 4.27. The largest absolute Gasteiger partial charge is 0.489 e. The summed E-state index contributed by atoms with van der Waals surface area (Å²) in [7, 11) is 0. The molecule has 0 saturated carbocycles. The monoisotopic (exact) mass is 405 g/mol. The van der Waals surface area contributed by atoms with E-state index in [9.17, 15) is 0 Å². The number of ether oxygens (including phenoxy) is 2. The summed E-state index contributed by atoms with van der Waals surface area (Å²) in [5.74, 6) is 0.861. The van der Waals surface area contributed by atoms with Crippen molar-refractivity contribution in [3.63, 3.8) is 0 Å². The summed E-state index contributed by atoms with van der Waals surface area (Å²) in [5, 5.41) is 3.32. The molecule has 0 bridgehead atoms. The van der Waals surface area contributed by atoms with Gasteiger partial charge in [-0.2, -0.15) is 0 Å². The van der Waals surface area contributed by atoms with Crippen LogP contribution in [0, 0.1) is 0 Å². The van der Waals surface area contributed by atoms with Crippen molar-refractivity contribution < 1.29 is 9.47 Å². The summed E-state index contributed by atoms with van der Waals surface area (Å²) in [5.41, 5.74) is 1.23. The molecule has 1 unspecified atom stereocenters. The molecule has 1 N–H and O–H groups in total. The molecular formula is C15H21Br2NO2. The molecule has 1 aromatic rings. The molecule has 0 spiro atoms. The Morgan fingerprint density at radius 2 is 2.05 bits per heavy atom. The zero-order valence-electron chi connectivity index (χ0n) is 11.8. The zero-order chi connectivity index (χ0) is 14.4. The second-order valence-electron chi connectivity index (χ2n) is 4.97. The van der Waals surface area contributed by atoms with E-state index < -0.39 is 0 Å². The van der Waals surface area contributed by atoms with Crippen LogP contribution < -0.4 is 10.1 Å². The van der Waals surface area contributed by atoms with E-state index in [0.717, 1.165) is 40.8 Å². The van der Waals surface area contributed by atoms with Crippen LogP contribution in [0.25, 0.3) is 0 Å². The Hall–Kier alpha value is -0.100. The predicted molar refractivity (Wildman–Crippen MR) is 88.3 cm³/mol. The molecule has 1 aromatic carbocycles. The van der Waals surface area contributed by atoms with Gasteiger partial charge in [-0.3, -0.25) is 0 Å². The van der Waals surface area contributed by atoms with Gasteiger partial charge in [0.1, 0.15) is 12.4 Å². The van der Waals surface area contributed by atoms with Gasteiger partial charge in [0, 0.05) is 13.2 Å². The second-order valence-corrected chi connectivity index (χ2v) is 6.68. The van der Waals surface area contributed by atoms with Crippen LogP contribution in [0.2, 0.25) is 0 Å². The molecule has 112 valence electrons. The Kier molecular flexibility index (Phi) is 6.81. The highest BCUT2D eigenvalue weighted by molar-refractivity contribution is 9.11. The highest BCUT2D eigenvalue weighted by Gasteiger charge is 2.16. The fourth-order valence-electron chi connectivity index (χ4n) is 2.24. The van der Waals surface area contributed by atoms with Gasteiger partial charge in [-0.1, -0.05) is 6.92 Å². The van der Waals surface area contributed by atoms with Crippen molar-refractivity contribution in [3.8, 4) is 5.75 Å². The number of halogens is 2. The van der Waals surface area contributed by atoms with Crippen molar-refractivity contribution in [1.82, 2.24) is 5.32 Å². The molecule has 1 aliphatic rings. The maximum atomic E-state index is 5.93. The van der Waals surface area contributed by atoms with Gasteiger partial charge in [0.15, 0.2) is 0 Å². The maximum absolute atomic E-state index is 5.93. The molecule has 0 aromatic heterocycles. The SMILES string of the molecule is CCNCc1cc(Br)c(OCC2CCCCO2)c(Br)c1. The third-order valence-electron chi connectivity index (χ3n) is 3.32. The number of hydrogen-bond acceptors (Lipinski definition) is 3. The van der Waals surface area contributed by atoms with Crippen LogP contribution in [0.4, 0.5) is 0 Å². The lowest BCUT2D eigenvalue weighted by Gasteiger charge is -2.23. The Labute approximate surface area is 137 Å². The van der Waals surface area contributed by atoms with Gasteiger partial charge >= 0.3 is 0 Å². The minimum atomic E-state index is 0.226. The van der Waals surface area contributed by atoms with E-state index in [1.165, 1.54) is 18.4 Å². The number of hydrogen-bond donors (Lipinski definition) is 1. The Balaban J connectivity index is 1.96. The van der Waals surface area contributed by atoms with Gasteiger partial charge in [0.2, 0.25) is 0 Å². The standard InChI is InChI=1S/C15H21Br2NO2/c1-2-18-9-11-7-13(16)15(14(17)8-11)20-10-12-5-3-4-6-19-12/h7-8,12,18H,2-6,9-10H2,1H3. The van der Waals surface area contributed by atoms with Crippen LogP contribution in [-0.2, 0) is 11.3 Å². The van der Waals surface area contributed by atoms with Gasteiger partial charge in [0.05, 0.1) is 15.0 Å². The highest BCUT2D eigenvalue weighted by atomic mass is 79.9. The quantitative estimate of drug-likeness (QED) is 0.765. The Bertz CT molecular complexity index is 411. The van der Waals surface area contributed by atoms with Crippen LogP contribution in [0.5, 0.6) is 5.75 Å². The van der Waals surface area contributed by atoms with E-state index in [4.69, 9.17) is 9.47 Å². The Morgan fingerprint density at radius 1 is 1.30 bits per heavy atom. The normalized spacial score (nSPS) is 19.1. The molecule has 0 radical (unpaired) electrons. The first-order valence-electron chi connectivity index (χ1n) is 7.13. The van der Waals surface area contributed by atoms with E-state index >= 15 is 0 Å². The van der Waals surface area contributed by atoms with Gasteiger partial charge in [-0.25, -0.2) is 0 Å². The lowest BCUT2D eigenvalue weighted by Crippen LogP contribution is -2.26. The number of rotatable bonds is 6. The van der Waals surface area contributed by atoms with Crippen molar-refractivity contribution in [1.29, 1.82) is 0 Å². The first-order chi connectivity index (χ1) is 9.70. The average Bonchev–Trinajstić information content (AvgIpc) is 2.45. The molecule has 5 heteroatoms. The molecule has 0 aliphatic carbocycles. The summed E-state index contributed by atoms with van der Waals surface area (Å²) >= 11 is 7.18. The van der Waals surface area contributed by atoms with Crippen molar-refractivity contribution in [2.45, 2.75) is 38.8 Å². The fraction of sp³-hybridized carbons (Fsp3) is 0.600. The molecule has 1 fully saturated rings. The first-order valence-corrected chi connectivity index (χ1v) is 8.72. The molecule has 0 amide bonds. The molecule has 2 rings (SSSR count). The molecular weight excluding hydrogens is 386 g/mol. The maximum Gasteiger partial charge on any atom is 0.147 e.